The molecule has 1 aliphatic heterocycles. The van der Waals surface area contributed by atoms with Gasteiger partial charge in [-0.05, 0) is 42.9 Å². The SMILES string of the molecule is CCCCOCCCNC(=O)C(=O)N1CC2(C)CC1CC(C)(C)C2. The second-order valence-corrected chi connectivity index (χ2v) is 8.72. The second-order valence-electron chi connectivity index (χ2n) is 8.72. The Morgan fingerprint density at radius 3 is 2.58 bits per heavy atom. The maximum Gasteiger partial charge on any atom is 0.312 e. The van der Waals surface area contributed by atoms with E-state index in [0.717, 1.165) is 45.1 Å². The third kappa shape index (κ3) is 4.95. The first-order valence-corrected chi connectivity index (χ1v) is 9.43. The van der Waals surface area contributed by atoms with E-state index in [0.29, 0.717) is 19.7 Å². The van der Waals surface area contributed by atoms with Crippen LogP contribution in [0.15, 0.2) is 0 Å². The van der Waals surface area contributed by atoms with Crippen LogP contribution in [0, 0.1) is 10.8 Å². The zero-order chi connectivity index (χ0) is 17.8. The number of rotatable bonds is 7. The predicted molar refractivity (Wildman–Crippen MR) is 94.6 cm³/mol. The highest BCUT2D eigenvalue weighted by Crippen LogP contribution is 2.52. The fourth-order valence-corrected chi connectivity index (χ4v) is 4.63. The normalized spacial score (nSPS) is 28.0. The summed E-state index contributed by atoms with van der Waals surface area (Å²) in [4.78, 5) is 26.5. The van der Waals surface area contributed by atoms with Gasteiger partial charge >= 0.3 is 11.8 Å². The fraction of sp³-hybridized carbons (Fsp3) is 0.895. The van der Waals surface area contributed by atoms with Crippen molar-refractivity contribution in [3.63, 3.8) is 0 Å². The maximum atomic E-state index is 12.5. The van der Waals surface area contributed by atoms with Gasteiger partial charge in [-0.2, -0.15) is 0 Å². The summed E-state index contributed by atoms with van der Waals surface area (Å²) in [6.07, 6.45) is 6.08. The Morgan fingerprint density at radius 1 is 1.17 bits per heavy atom. The van der Waals surface area contributed by atoms with E-state index in [4.69, 9.17) is 4.74 Å². The Hall–Kier alpha value is -1.10. The van der Waals surface area contributed by atoms with Crippen LogP contribution >= 0.6 is 0 Å². The van der Waals surface area contributed by atoms with E-state index in [9.17, 15) is 9.59 Å². The van der Waals surface area contributed by atoms with Crippen LogP contribution in [0.2, 0.25) is 0 Å². The number of hydrogen-bond donors (Lipinski definition) is 1. The van der Waals surface area contributed by atoms with Crippen LogP contribution in [0.4, 0.5) is 0 Å². The molecule has 0 radical (unpaired) electrons. The molecule has 1 N–H and O–H groups in total. The molecule has 1 saturated carbocycles. The van der Waals surface area contributed by atoms with Crippen LogP contribution in [-0.2, 0) is 14.3 Å². The molecule has 0 aromatic heterocycles. The second kappa shape index (κ2) is 7.85. The lowest BCUT2D eigenvalue weighted by molar-refractivity contribution is -0.146. The molecule has 2 amide bonds. The molecule has 5 nitrogen and oxygen atoms in total. The van der Waals surface area contributed by atoms with Gasteiger partial charge in [0, 0.05) is 32.3 Å². The summed E-state index contributed by atoms with van der Waals surface area (Å²) in [5.74, 6) is -0.814. The zero-order valence-electron chi connectivity index (χ0n) is 15.8. The molecule has 2 atom stereocenters. The number of carbonyl (C=O) groups is 2. The Kier molecular flexibility index (Phi) is 6.29. The molecule has 1 aliphatic carbocycles. The summed E-state index contributed by atoms with van der Waals surface area (Å²) in [7, 11) is 0. The molecule has 2 aliphatic rings. The highest BCUT2D eigenvalue weighted by atomic mass is 16.5. The van der Waals surface area contributed by atoms with E-state index in [1.54, 1.807) is 0 Å². The third-order valence-electron chi connectivity index (χ3n) is 5.26. The van der Waals surface area contributed by atoms with E-state index in [1.165, 1.54) is 0 Å². The number of likely N-dealkylation sites (tertiary alicyclic amines) is 1. The van der Waals surface area contributed by atoms with E-state index < -0.39 is 5.91 Å². The van der Waals surface area contributed by atoms with Gasteiger partial charge in [-0.3, -0.25) is 9.59 Å². The Balaban J connectivity index is 1.75. The maximum absolute atomic E-state index is 12.5. The van der Waals surface area contributed by atoms with Gasteiger partial charge in [-0.15, -0.1) is 0 Å². The summed E-state index contributed by atoms with van der Waals surface area (Å²) in [6.45, 7) is 11.5. The van der Waals surface area contributed by atoms with E-state index in [-0.39, 0.29) is 22.8 Å². The van der Waals surface area contributed by atoms with E-state index in [1.807, 2.05) is 4.90 Å². The minimum atomic E-state index is -0.461. The molecule has 0 aromatic rings. The molecular formula is C19H34N2O3. The molecule has 1 heterocycles. The molecular weight excluding hydrogens is 304 g/mol. The largest absolute Gasteiger partial charge is 0.381 e. The third-order valence-corrected chi connectivity index (χ3v) is 5.26. The Bertz CT molecular complexity index is 464. The van der Waals surface area contributed by atoms with Gasteiger partial charge in [-0.1, -0.05) is 34.1 Å². The van der Waals surface area contributed by atoms with Crippen molar-refractivity contribution >= 4 is 11.8 Å². The van der Waals surface area contributed by atoms with Gasteiger partial charge in [-0.25, -0.2) is 0 Å². The van der Waals surface area contributed by atoms with Crippen LogP contribution in [0.3, 0.4) is 0 Å². The van der Waals surface area contributed by atoms with Crippen LogP contribution in [0.1, 0.15) is 66.2 Å². The average Bonchev–Trinajstić information content (AvgIpc) is 2.74. The van der Waals surface area contributed by atoms with Crippen molar-refractivity contribution in [2.45, 2.75) is 72.3 Å². The molecule has 0 spiro atoms. The first-order chi connectivity index (χ1) is 11.3. The summed E-state index contributed by atoms with van der Waals surface area (Å²) in [6, 6.07) is 0.217. The first kappa shape index (κ1) is 19.2. The minimum absolute atomic E-state index is 0.162. The number of nitrogens with zero attached hydrogens (tertiary/aromatic N) is 1. The number of ether oxygens (including phenoxy) is 1. The topological polar surface area (TPSA) is 58.6 Å². The molecule has 138 valence electrons. The molecule has 2 fully saturated rings. The molecule has 0 aromatic carbocycles. The summed E-state index contributed by atoms with van der Waals surface area (Å²) in [5.41, 5.74) is 0.411. The van der Waals surface area contributed by atoms with E-state index >= 15 is 0 Å². The molecule has 5 heteroatoms. The number of nitrogens with one attached hydrogen (secondary N) is 1. The van der Waals surface area contributed by atoms with Gasteiger partial charge in [0.1, 0.15) is 0 Å². The van der Waals surface area contributed by atoms with Crippen molar-refractivity contribution < 1.29 is 14.3 Å². The Labute approximate surface area is 146 Å². The summed E-state index contributed by atoms with van der Waals surface area (Å²) >= 11 is 0. The van der Waals surface area contributed by atoms with Crippen LogP contribution in [-0.4, -0.2) is 49.1 Å². The molecule has 2 unspecified atom stereocenters. The van der Waals surface area contributed by atoms with E-state index in [2.05, 4.69) is 33.0 Å². The lowest BCUT2D eigenvalue weighted by Gasteiger charge is -2.39. The number of hydrogen-bond acceptors (Lipinski definition) is 3. The lowest BCUT2D eigenvalue weighted by Crippen LogP contribution is -2.46. The van der Waals surface area contributed by atoms with Crippen molar-refractivity contribution in [2.75, 3.05) is 26.3 Å². The monoisotopic (exact) mass is 338 g/mol. The quantitative estimate of drug-likeness (QED) is 0.573. The molecule has 24 heavy (non-hydrogen) atoms. The molecule has 2 rings (SSSR count). The standard InChI is InChI=1S/C19H34N2O3/c1-5-6-9-24-10-7-8-20-16(22)17(23)21-14-19(4)12-15(21)11-18(2,3)13-19/h15H,5-14H2,1-4H3,(H,20,22). The van der Waals surface area contributed by atoms with Crippen molar-refractivity contribution in [3.8, 4) is 0 Å². The van der Waals surface area contributed by atoms with Crippen LogP contribution in [0.25, 0.3) is 0 Å². The van der Waals surface area contributed by atoms with Crippen molar-refractivity contribution in [1.29, 1.82) is 0 Å². The average molecular weight is 338 g/mol. The summed E-state index contributed by atoms with van der Waals surface area (Å²) in [5, 5.41) is 2.75. The van der Waals surface area contributed by atoms with Crippen molar-refractivity contribution in [3.05, 3.63) is 0 Å². The Morgan fingerprint density at radius 2 is 1.88 bits per heavy atom. The zero-order valence-corrected chi connectivity index (χ0v) is 15.8. The number of fused-ring (bicyclic) bond motifs is 2. The van der Waals surface area contributed by atoms with Gasteiger partial charge in [0.25, 0.3) is 0 Å². The van der Waals surface area contributed by atoms with Crippen LogP contribution in [0.5, 0.6) is 0 Å². The number of carbonyl (C=O) groups excluding carboxylic acids is 2. The van der Waals surface area contributed by atoms with Crippen molar-refractivity contribution in [2.24, 2.45) is 10.8 Å². The minimum Gasteiger partial charge on any atom is -0.381 e. The van der Waals surface area contributed by atoms with Gasteiger partial charge in [0.15, 0.2) is 0 Å². The number of unbranched alkanes of at least 4 members (excludes halogenated alkanes) is 1. The highest BCUT2D eigenvalue weighted by molar-refractivity contribution is 6.35. The van der Waals surface area contributed by atoms with Crippen LogP contribution < -0.4 is 5.32 Å². The molecule has 2 bridgehead atoms. The summed E-state index contributed by atoms with van der Waals surface area (Å²) < 4.78 is 5.46. The van der Waals surface area contributed by atoms with Gasteiger partial charge in [0.2, 0.25) is 0 Å². The van der Waals surface area contributed by atoms with Crippen molar-refractivity contribution in [1.82, 2.24) is 10.2 Å². The fourth-order valence-electron chi connectivity index (χ4n) is 4.63. The lowest BCUT2D eigenvalue weighted by atomic mass is 9.65. The number of amides is 2. The van der Waals surface area contributed by atoms with Gasteiger partial charge in [0.05, 0.1) is 0 Å². The highest BCUT2D eigenvalue weighted by Gasteiger charge is 2.51. The van der Waals surface area contributed by atoms with Gasteiger partial charge < -0.3 is 15.0 Å². The predicted octanol–water partition coefficient (Wildman–Crippen LogP) is 2.74. The first-order valence-electron chi connectivity index (χ1n) is 9.43. The molecule has 1 saturated heterocycles. The smallest absolute Gasteiger partial charge is 0.312 e.